The zero-order valence-corrected chi connectivity index (χ0v) is 14.9. The fraction of sp³-hybridized carbons (Fsp3) is 0.706. The number of nitrogens with one attached hydrogen (secondary N) is 1. The van der Waals surface area contributed by atoms with Gasteiger partial charge >= 0.3 is 0 Å². The molecule has 1 aromatic heterocycles. The number of hydrogen-bond donors (Lipinski definition) is 1. The van der Waals surface area contributed by atoms with E-state index in [1.165, 1.54) is 6.92 Å². The molecule has 0 aliphatic carbocycles. The molecule has 0 unspecified atom stereocenters. The van der Waals surface area contributed by atoms with Gasteiger partial charge in [0.05, 0.1) is 10.7 Å². The highest BCUT2D eigenvalue weighted by molar-refractivity contribution is 7.09. The van der Waals surface area contributed by atoms with Gasteiger partial charge in [-0.1, -0.05) is 0 Å². The van der Waals surface area contributed by atoms with Crippen molar-refractivity contribution in [2.75, 3.05) is 26.2 Å². The lowest BCUT2D eigenvalue weighted by Crippen LogP contribution is -2.43. The first-order valence-corrected chi connectivity index (χ1v) is 9.60. The number of aromatic nitrogens is 1. The summed E-state index contributed by atoms with van der Waals surface area (Å²) in [4.78, 5) is 29.9. The standard InChI is InChI=1S/C17H25N3O3S/c1-12(21)18-7-4-14-11-24-16(19-14)13-5-8-20(9-6-13)17(22)15-3-2-10-23-15/h11,13,15H,2-10H2,1H3,(H,18,21)/t15-/m1/s1. The van der Waals surface area contributed by atoms with Crippen LogP contribution in [0.3, 0.4) is 0 Å². The summed E-state index contributed by atoms with van der Waals surface area (Å²) >= 11 is 1.70. The third-order valence-electron chi connectivity index (χ3n) is 4.69. The Hall–Kier alpha value is -1.47. The Kier molecular flexibility index (Phi) is 5.84. The van der Waals surface area contributed by atoms with E-state index in [0.29, 0.717) is 19.1 Å². The maximum absolute atomic E-state index is 12.4. The van der Waals surface area contributed by atoms with Gasteiger partial charge in [0, 0.05) is 50.9 Å². The maximum Gasteiger partial charge on any atom is 0.251 e. The minimum atomic E-state index is -0.207. The molecule has 3 rings (SSSR count). The number of hydrogen-bond acceptors (Lipinski definition) is 5. The molecule has 0 bridgehead atoms. The summed E-state index contributed by atoms with van der Waals surface area (Å²) in [7, 11) is 0. The second kappa shape index (κ2) is 8.07. The lowest BCUT2D eigenvalue weighted by atomic mass is 9.97. The van der Waals surface area contributed by atoms with Crippen molar-refractivity contribution < 1.29 is 14.3 Å². The van der Waals surface area contributed by atoms with E-state index in [1.54, 1.807) is 11.3 Å². The summed E-state index contributed by atoms with van der Waals surface area (Å²) in [5.41, 5.74) is 1.04. The van der Waals surface area contributed by atoms with Crippen LogP contribution >= 0.6 is 11.3 Å². The Labute approximate surface area is 146 Å². The predicted molar refractivity (Wildman–Crippen MR) is 92.0 cm³/mol. The van der Waals surface area contributed by atoms with Crippen LogP contribution in [0, 0.1) is 0 Å². The molecule has 0 radical (unpaired) electrons. The Balaban J connectivity index is 1.47. The van der Waals surface area contributed by atoms with E-state index in [0.717, 1.165) is 55.9 Å². The third-order valence-corrected chi connectivity index (χ3v) is 5.74. The van der Waals surface area contributed by atoms with Crippen LogP contribution in [0.2, 0.25) is 0 Å². The van der Waals surface area contributed by atoms with Crippen LogP contribution in [0.4, 0.5) is 0 Å². The Morgan fingerprint density at radius 1 is 1.38 bits per heavy atom. The van der Waals surface area contributed by atoms with Crippen molar-refractivity contribution in [3.05, 3.63) is 16.1 Å². The number of thiazole rings is 1. The second-order valence-electron chi connectivity index (χ2n) is 6.51. The lowest BCUT2D eigenvalue weighted by molar-refractivity contribution is -0.142. The van der Waals surface area contributed by atoms with E-state index in [4.69, 9.17) is 9.72 Å². The number of carbonyl (C=O) groups excluding carboxylic acids is 2. The molecule has 132 valence electrons. The second-order valence-corrected chi connectivity index (χ2v) is 7.40. The minimum absolute atomic E-state index is 0.00580. The van der Waals surface area contributed by atoms with Gasteiger partial charge in [0.15, 0.2) is 0 Å². The van der Waals surface area contributed by atoms with E-state index in [1.807, 2.05) is 4.90 Å². The molecule has 2 saturated heterocycles. The van der Waals surface area contributed by atoms with Crippen molar-refractivity contribution in [3.8, 4) is 0 Å². The molecule has 1 aromatic rings. The summed E-state index contributed by atoms with van der Waals surface area (Å²) in [6, 6.07) is 0. The van der Waals surface area contributed by atoms with Gasteiger partial charge in [0.1, 0.15) is 6.10 Å². The van der Waals surface area contributed by atoms with Crippen LogP contribution in [-0.2, 0) is 20.7 Å². The Morgan fingerprint density at radius 3 is 2.83 bits per heavy atom. The van der Waals surface area contributed by atoms with Crippen LogP contribution < -0.4 is 5.32 Å². The first-order valence-electron chi connectivity index (χ1n) is 8.72. The zero-order chi connectivity index (χ0) is 16.9. The normalized spacial score (nSPS) is 21.9. The van der Waals surface area contributed by atoms with Crippen molar-refractivity contribution in [1.29, 1.82) is 0 Å². The van der Waals surface area contributed by atoms with Gasteiger partial charge in [-0.3, -0.25) is 9.59 Å². The molecule has 1 atom stereocenters. The minimum Gasteiger partial charge on any atom is -0.368 e. The lowest BCUT2D eigenvalue weighted by Gasteiger charge is -2.32. The highest BCUT2D eigenvalue weighted by Gasteiger charge is 2.31. The number of carbonyl (C=O) groups is 2. The molecule has 7 heteroatoms. The molecule has 2 aliphatic heterocycles. The summed E-state index contributed by atoms with van der Waals surface area (Å²) < 4.78 is 5.51. The van der Waals surface area contributed by atoms with Crippen LogP contribution in [-0.4, -0.2) is 54.0 Å². The summed E-state index contributed by atoms with van der Waals surface area (Å²) in [5.74, 6) is 0.605. The van der Waals surface area contributed by atoms with Crippen molar-refractivity contribution in [1.82, 2.24) is 15.2 Å². The van der Waals surface area contributed by atoms with Crippen molar-refractivity contribution >= 4 is 23.2 Å². The monoisotopic (exact) mass is 351 g/mol. The van der Waals surface area contributed by atoms with Gasteiger partial charge in [-0.05, 0) is 25.7 Å². The number of nitrogens with zero attached hydrogens (tertiary/aromatic N) is 2. The molecular formula is C17H25N3O3S. The molecule has 0 aromatic carbocycles. The molecule has 2 aliphatic rings. The maximum atomic E-state index is 12.4. The Morgan fingerprint density at radius 2 is 2.17 bits per heavy atom. The molecular weight excluding hydrogens is 326 g/mol. The highest BCUT2D eigenvalue weighted by Crippen LogP contribution is 2.31. The van der Waals surface area contributed by atoms with E-state index < -0.39 is 0 Å². The van der Waals surface area contributed by atoms with E-state index >= 15 is 0 Å². The van der Waals surface area contributed by atoms with Crippen LogP contribution in [0.25, 0.3) is 0 Å². The highest BCUT2D eigenvalue weighted by atomic mass is 32.1. The van der Waals surface area contributed by atoms with Crippen molar-refractivity contribution in [3.63, 3.8) is 0 Å². The third kappa shape index (κ3) is 4.33. The first-order chi connectivity index (χ1) is 11.6. The summed E-state index contributed by atoms with van der Waals surface area (Å²) in [6.07, 6.45) is 4.36. The van der Waals surface area contributed by atoms with Gasteiger partial charge in [0.25, 0.3) is 5.91 Å². The Bertz CT molecular complexity index is 575. The zero-order valence-electron chi connectivity index (χ0n) is 14.1. The van der Waals surface area contributed by atoms with Gasteiger partial charge in [-0.25, -0.2) is 4.98 Å². The van der Waals surface area contributed by atoms with Gasteiger partial charge < -0.3 is 15.0 Å². The average Bonchev–Trinajstić information content (AvgIpc) is 3.26. The SMILES string of the molecule is CC(=O)NCCc1csc(C2CCN(C(=O)[C@H]3CCCO3)CC2)n1. The fourth-order valence-electron chi connectivity index (χ4n) is 3.31. The smallest absolute Gasteiger partial charge is 0.251 e. The molecule has 1 N–H and O–H groups in total. The van der Waals surface area contributed by atoms with E-state index in [2.05, 4.69) is 10.7 Å². The largest absolute Gasteiger partial charge is 0.368 e. The quantitative estimate of drug-likeness (QED) is 0.877. The van der Waals surface area contributed by atoms with Crippen LogP contribution in [0.15, 0.2) is 5.38 Å². The number of rotatable bonds is 5. The molecule has 2 amide bonds. The van der Waals surface area contributed by atoms with Crippen LogP contribution in [0.5, 0.6) is 0 Å². The molecule has 24 heavy (non-hydrogen) atoms. The predicted octanol–water partition coefficient (Wildman–Crippen LogP) is 1.71. The number of ether oxygens (including phenoxy) is 1. The topological polar surface area (TPSA) is 71.5 Å². The first kappa shape index (κ1) is 17.4. The average molecular weight is 351 g/mol. The molecule has 3 heterocycles. The van der Waals surface area contributed by atoms with Crippen molar-refractivity contribution in [2.24, 2.45) is 0 Å². The molecule has 2 fully saturated rings. The molecule has 6 nitrogen and oxygen atoms in total. The number of piperidine rings is 1. The summed E-state index contributed by atoms with van der Waals surface area (Å²) in [5, 5.41) is 6.05. The molecule has 0 spiro atoms. The van der Waals surface area contributed by atoms with Crippen LogP contribution in [0.1, 0.15) is 49.2 Å². The summed E-state index contributed by atoms with van der Waals surface area (Å²) in [6.45, 7) is 4.46. The van der Waals surface area contributed by atoms with E-state index in [-0.39, 0.29) is 17.9 Å². The fourth-order valence-corrected chi connectivity index (χ4v) is 4.34. The number of amides is 2. The van der Waals surface area contributed by atoms with E-state index in [9.17, 15) is 9.59 Å². The van der Waals surface area contributed by atoms with Gasteiger partial charge in [-0.15, -0.1) is 11.3 Å². The van der Waals surface area contributed by atoms with Gasteiger partial charge in [0.2, 0.25) is 5.91 Å². The van der Waals surface area contributed by atoms with Gasteiger partial charge in [-0.2, -0.15) is 0 Å². The molecule has 0 saturated carbocycles. The van der Waals surface area contributed by atoms with Crippen molar-refractivity contribution in [2.45, 2.75) is 51.0 Å². The number of likely N-dealkylation sites (tertiary alicyclic amines) is 1.